The number of carbonyl (C=O) groups excluding carboxylic acids is 1. The Kier molecular flexibility index (Phi) is 5.71. The summed E-state index contributed by atoms with van der Waals surface area (Å²) in [7, 11) is 0. The zero-order valence-corrected chi connectivity index (χ0v) is 13.2. The monoisotopic (exact) mass is 343 g/mol. The summed E-state index contributed by atoms with van der Waals surface area (Å²) in [5.41, 5.74) is 1.00. The van der Waals surface area contributed by atoms with Gasteiger partial charge in [0.25, 0.3) is 0 Å². The summed E-state index contributed by atoms with van der Waals surface area (Å²) in [5, 5.41) is 3.75. The van der Waals surface area contributed by atoms with E-state index in [1.54, 1.807) is 0 Å². The van der Waals surface area contributed by atoms with Crippen LogP contribution in [-0.2, 0) is 11.2 Å². The number of amides is 1. The molecule has 2 unspecified atom stereocenters. The number of hydrogen-bond acceptors (Lipinski definition) is 1. The second kappa shape index (κ2) is 7.30. The number of rotatable bonds is 4. The lowest BCUT2D eigenvalue weighted by molar-refractivity contribution is -0.120. The van der Waals surface area contributed by atoms with Crippen LogP contribution >= 0.6 is 27.5 Å². The molecule has 1 aliphatic carbocycles. The van der Waals surface area contributed by atoms with Crippen LogP contribution in [0.1, 0.15) is 31.2 Å². The van der Waals surface area contributed by atoms with Crippen molar-refractivity contribution >= 4 is 33.4 Å². The second-order valence-electron chi connectivity index (χ2n) is 5.17. The van der Waals surface area contributed by atoms with Crippen molar-refractivity contribution in [1.29, 1.82) is 0 Å². The lowest BCUT2D eigenvalue weighted by atomic mass is 9.89. The summed E-state index contributed by atoms with van der Waals surface area (Å²) in [6, 6.07) is 7.44. The van der Waals surface area contributed by atoms with Gasteiger partial charge < -0.3 is 5.32 Å². The third-order valence-corrected chi connectivity index (χ3v) is 5.11. The summed E-state index contributed by atoms with van der Waals surface area (Å²) in [5.74, 6) is 0.663. The summed E-state index contributed by atoms with van der Waals surface area (Å²) < 4.78 is 0. The first-order valence-corrected chi connectivity index (χ1v) is 8.10. The van der Waals surface area contributed by atoms with Crippen molar-refractivity contribution in [3.05, 3.63) is 34.9 Å². The molecule has 0 saturated heterocycles. The first-order chi connectivity index (χ1) is 9.15. The maximum absolute atomic E-state index is 11.9. The third-order valence-electron chi connectivity index (χ3n) is 3.66. The molecule has 1 aromatic carbocycles. The minimum atomic E-state index is 0.0904. The minimum absolute atomic E-state index is 0.0904. The molecule has 1 amide bonds. The lowest BCUT2D eigenvalue weighted by Gasteiger charge is -2.27. The molecule has 2 rings (SSSR count). The fourth-order valence-electron chi connectivity index (χ4n) is 2.49. The van der Waals surface area contributed by atoms with Gasteiger partial charge in [0, 0.05) is 16.4 Å². The molecule has 0 bridgehead atoms. The maximum atomic E-state index is 11.9. The first-order valence-electron chi connectivity index (χ1n) is 6.80. The van der Waals surface area contributed by atoms with Crippen LogP contribution in [0.25, 0.3) is 0 Å². The Morgan fingerprint density at radius 1 is 1.26 bits per heavy atom. The molecule has 1 aliphatic rings. The highest BCUT2D eigenvalue weighted by Crippen LogP contribution is 2.29. The summed E-state index contributed by atoms with van der Waals surface area (Å²) in [4.78, 5) is 12.4. The highest BCUT2D eigenvalue weighted by Gasteiger charge is 2.22. The molecule has 1 fully saturated rings. The molecule has 1 aromatic rings. The van der Waals surface area contributed by atoms with E-state index in [0.717, 1.165) is 12.1 Å². The molecule has 0 aromatic heterocycles. The maximum Gasteiger partial charge on any atom is 0.224 e. The van der Waals surface area contributed by atoms with Crippen molar-refractivity contribution < 1.29 is 4.79 Å². The van der Waals surface area contributed by atoms with E-state index >= 15 is 0 Å². The molecule has 0 radical (unpaired) electrons. The Hall–Kier alpha value is -0.540. The van der Waals surface area contributed by atoms with Crippen molar-refractivity contribution in [2.45, 2.75) is 36.9 Å². The van der Waals surface area contributed by atoms with Crippen molar-refractivity contribution in [2.24, 2.45) is 5.92 Å². The average molecular weight is 345 g/mol. The van der Waals surface area contributed by atoms with E-state index in [2.05, 4.69) is 21.2 Å². The van der Waals surface area contributed by atoms with Crippen LogP contribution in [0.2, 0.25) is 5.02 Å². The van der Waals surface area contributed by atoms with Crippen LogP contribution in [0.5, 0.6) is 0 Å². The Morgan fingerprint density at radius 2 is 1.95 bits per heavy atom. The van der Waals surface area contributed by atoms with Crippen LogP contribution < -0.4 is 5.32 Å². The summed E-state index contributed by atoms with van der Waals surface area (Å²) >= 11 is 9.53. The standard InChI is InChI=1S/C15H19BrClNO/c16-14-4-2-1-3-12(14)10-18-15(19)9-11-5-7-13(17)8-6-11/h5-8,12,14H,1-4,9-10H2,(H,18,19). The average Bonchev–Trinajstić information content (AvgIpc) is 2.40. The van der Waals surface area contributed by atoms with Crippen molar-refractivity contribution in [3.63, 3.8) is 0 Å². The van der Waals surface area contributed by atoms with Gasteiger partial charge in [-0.25, -0.2) is 0 Å². The highest BCUT2D eigenvalue weighted by atomic mass is 79.9. The lowest BCUT2D eigenvalue weighted by Crippen LogP contribution is -2.35. The molecular weight excluding hydrogens is 326 g/mol. The van der Waals surface area contributed by atoms with Gasteiger partial charge in [0.15, 0.2) is 0 Å². The summed E-state index contributed by atoms with van der Waals surface area (Å²) in [6.45, 7) is 0.780. The number of halogens is 2. The second-order valence-corrected chi connectivity index (χ2v) is 6.78. The Labute approximate surface area is 128 Å². The fourth-order valence-corrected chi connectivity index (χ4v) is 3.39. The molecule has 0 aliphatic heterocycles. The van der Waals surface area contributed by atoms with E-state index in [-0.39, 0.29) is 5.91 Å². The van der Waals surface area contributed by atoms with Crippen molar-refractivity contribution in [3.8, 4) is 0 Å². The predicted molar refractivity (Wildman–Crippen MR) is 82.8 cm³/mol. The molecule has 0 heterocycles. The quantitative estimate of drug-likeness (QED) is 0.823. The van der Waals surface area contributed by atoms with Gasteiger partial charge >= 0.3 is 0 Å². The molecule has 2 nitrogen and oxygen atoms in total. The molecule has 4 heteroatoms. The molecule has 19 heavy (non-hydrogen) atoms. The van der Waals surface area contributed by atoms with E-state index in [4.69, 9.17) is 11.6 Å². The van der Waals surface area contributed by atoms with E-state index in [1.165, 1.54) is 25.7 Å². The Balaban J connectivity index is 1.76. The summed E-state index contributed by atoms with van der Waals surface area (Å²) in [6.07, 6.45) is 5.43. The Bertz CT molecular complexity index is 421. The number of nitrogens with one attached hydrogen (secondary N) is 1. The molecule has 1 saturated carbocycles. The van der Waals surface area contributed by atoms with E-state index in [0.29, 0.717) is 22.2 Å². The number of benzene rings is 1. The van der Waals surface area contributed by atoms with Gasteiger partial charge in [-0.3, -0.25) is 4.79 Å². The van der Waals surface area contributed by atoms with Gasteiger partial charge in [0.1, 0.15) is 0 Å². The van der Waals surface area contributed by atoms with Crippen LogP contribution in [0.4, 0.5) is 0 Å². The van der Waals surface area contributed by atoms with Crippen LogP contribution in [-0.4, -0.2) is 17.3 Å². The van der Waals surface area contributed by atoms with Crippen molar-refractivity contribution in [2.75, 3.05) is 6.54 Å². The van der Waals surface area contributed by atoms with Gasteiger partial charge in [-0.1, -0.05) is 52.5 Å². The van der Waals surface area contributed by atoms with Crippen LogP contribution in [0.15, 0.2) is 24.3 Å². The first kappa shape index (κ1) is 14.9. The van der Waals surface area contributed by atoms with E-state index in [9.17, 15) is 4.79 Å². The Morgan fingerprint density at radius 3 is 2.63 bits per heavy atom. The van der Waals surface area contributed by atoms with Gasteiger partial charge in [0.05, 0.1) is 6.42 Å². The van der Waals surface area contributed by atoms with Crippen LogP contribution in [0.3, 0.4) is 0 Å². The number of carbonyl (C=O) groups is 1. The largest absolute Gasteiger partial charge is 0.355 e. The topological polar surface area (TPSA) is 29.1 Å². The van der Waals surface area contributed by atoms with E-state index < -0.39 is 0 Å². The zero-order chi connectivity index (χ0) is 13.7. The molecule has 2 atom stereocenters. The SMILES string of the molecule is O=C(Cc1ccc(Cl)cc1)NCC1CCCCC1Br. The van der Waals surface area contributed by atoms with E-state index in [1.807, 2.05) is 24.3 Å². The van der Waals surface area contributed by atoms with Crippen LogP contribution in [0, 0.1) is 5.92 Å². The molecular formula is C15H19BrClNO. The zero-order valence-electron chi connectivity index (χ0n) is 10.9. The molecule has 104 valence electrons. The smallest absolute Gasteiger partial charge is 0.224 e. The predicted octanol–water partition coefficient (Wildman–Crippen LogP) is 3.95. The fraction of sp³-hybridized carbons (Fsp3) is 0.533. The highest BCUT2D eigenvalue weighted by molar-refractivity contribution is 9.09. The number of alkyl halides is 1. The van der Waals surface area contributed by atoms with Gasteiger partial charge in [-0.15, -0.1) is 0 Å². The van der Waals surface area contributed by atoms with Crippen molar-refractivity contribution in [1.82, 2.24) is 5.32 Å². The van der Waals surface area contributed by atoms with Gasteiger partial charge in [-0.2, -0.15) is 0 Å². The van der Waals surface area contributed by atoms with Gasteiger partial charge in [-0.05, 0) is 36.5 Å². The molecule has 1 N–H and O–H groups in total. The normalized spacial score (nSPS) is 23.1. The molecule has 0 spiro atoms. The minimum Gasteiger partial charge on any atom is -0.355 e. The number of hydrogen-bond donors (Lipinski definition) is 1. The third kappa shape index (κ3) is 4.81. The van der Waals surface area contributed by atoms with Gasteiger partial charge in [0.2, 0.25) is 5.91 Å².